The number of carbonyl (C=O) groups is 2. The highest BCUT2D eigenvalue weighted by atomic mass is 16.3. The van der Waals surface area contributed by atoms with Crippen molar-refractivity contribution in [1.82, 2.24) is 10.6 Å². The number of benzene rings is 1. The standard InChI is InChI=1S/C19H24N4O3/c24-18(21-19(25)20-13-17-7-4-12-26-17)15-23-10-8-22(9-11-23)14-16-5-2-1-3-6-16/h1-7,12H,8-11,13-15H2,(H2,20,21,24,25)/p+2. The Kier molecular flexibility index (Phi) is 6.40. The van der Waals surface area contributed by atoms with E-state index in [1.54, 1.807) is 18.4 Å². The van der Waals surface area contributed by atoms with Crippen molar-refractivity contribution in [2.45, 2.75) is 13.1 Å². The first-order chi connectivity index (χ1) is 12.7. The van der Waals surface area contributed by atoms with Gasteiger partial charge in [0.05, 0.1) is 12.8 Å². The predicted octanol–water partition coefficient (Wildman–Crippen LogP) is -1.41. The number of urea groups is 1. The fourth-order valence-electron chi connectivity index (χ4n) is 3.22. The van der Waals surface area contributed by atoms with Gasteiger partial charge in [0.25, 0.3) is 5.91 Å². The quantitative estimate of drug-likeness (QED) is 0.512. The zero-order chi connectivity index (χ0) is 18.2. The van der Waals surface area contributed by atoms with Crippen LogP contribution in [0.15, 0.2) is 53.1 Å². The second-order valence-corrected chi connectivity index (χ2v) is 6.65. The summed E-state index contributed by atoms with van der Waals surface area (Å²) in [4.78, 5) is 26.5. The molecule has 4 N–H and O–H groups in total. The van der Waals surface area contributed by atoms with Crippen LogP contribution in [-0.2, 0) is 17.9 Å². The van der Waals surface area contributed by atoms with E-state index in [9.17, 15) is 9.59 Å². The Hall–Kier alpha value is -2.64. The average molecular weight is 358 g/mol. The summed E-state index contributed by atoms with van der Waals surface area (Å²) in [7, 11) is 0. The molecule has 2 aromatic rings. The van der Waals surface area contributed by atoms with Gasteiger partial charge in [-0.05, 0) is 12.1 Å². The van der Waals surface area contributed by atoms with E-state index >= 15 is 0 Å². The van der Waals surface area contributed by atoms with E-state index in [0.29, 0.717) is 12.3 Å². The summed E-state index contributed by atoms with van der Waals surface area (Å²) in [6.45, 7) is 5.54. The van der Waals surface area contributed by atoms with E-state index < -0.39 is 6.03 Å². The lowest BCUT2D eigenvalue weighted by Gasteiger charge is -2.29. The van der Waals surface area contributed by atoms with Crippen molar-refractivity contribution in [3.05, 3.63) is 60.1 Å². The molecule has 0 spiro atoms. The fourth-order valence-corrected chi connectivity index (χ4v) is 3.22. The molecule has 1 aromatic heterocycles. The van der Waals surface area contributed by atoms with Crippen molar-refractivity contribution >= 4 is 11.9 Å². The van der Waals surface area contributed by atoms with Crippen molar-refractivity contribution in [3.8, 4) is 0 Å². The third kappa shape index (κ3) is 5.72. The topological polar surface area (TPSA) is 80.2 Å². The third-order valence-corrected chi connectivity index (χ3v) is 4.63. The Morgan fingerprint density at radius 2 is 1.69 bits per heavy atom. The number of imide groups is 1. The van der Waals surface area contributed by atoms with Crippen LogP contribution in [-0.4, -0.2) is 44.7 Å². The summed E-state index contributed by atoms with van der Waals surface area (Å²) in [6.07, 6.45) is 1.54. The number of hydrogen-bond acceptors (Lipinski definition) is 3. The average Bonchev–Trinajstić information content (AvgIpc) is 3.16. The van der Waals surface area contributed by atoms with Gasteiger partial charge in [0.2, 0.25) is 0 Å². The Morgan fingerprint density at radius 1 is 0.962 bits per heavy atom. The first-order valence-corrected chi connectivity index (χ1v) is 9.00. The Morgan fingerprint density at radius 3 is 2.38 bits per heavy atom. The Labute approximate surface area is 153 Å². The summed E-state index contributed by atoms with van der Waals surface area (Å²) in [5, 5.41) is 4.99. The summed E-state index contributed by atoms with van der Waals surface area (Å²) in [5.41, 5.74) is 1.34. The minimum absolute atomic E-state index is 0.247. The molecule has 0 aliphatic carbocycles. The maximum absolute atomic E-state index is 12.0. The van der Waals surface area contributed by atoms with Crippen molar-refractivity contribution < 1.29 is 23.8 Å². The molecule has 1 fully saturated rings. The molecule has 2 heterocycles. The van der Waals surface area contributed by atoms with Crippen LogP contribution >= 0.6 is 0 Å². The molecule has 7 nitrogen and oxygen atoms in total. The number of rotatable bonds is 6. The van der Waals surface area contributed by atoms with Crippen LogP contribution in [0.5, 0.6) is 0 Å². The normalized spacial score (nSPS) is 19.7. The maximum atomic E-state index is 12.0. The van der Waals surface area contributed by atoms with E-state index in [1.165, 1.54) is 15.4 Å². The molecule has 26 heavy (non-hydrogen) atoms. The van der Waals surface area contributed by atoms with Crippen LogP contribution in [0, 0.1) is 0 Å². The van der Waals surface area contributed by atoms with Crippen molar-refractivity contribution in [2.75, 3.05) is 32.7 Å². The van der Waals surface area contributed by atoms with Crippen molar-refractivity contribution in [2.24, 2.45) is 0 Å². The predicted molar refractivity (Wildman–Crippen MR) is 95.5 cm³/mol. The van der Waals surface area contributed by atoms with Gasteiger partial charge in [0.15, 0.2) is 6.54 Å². The van der Waals surface area contributed by atoms with Crippen LogP contribution in [0.2, 0.25) is 0 Å². The first-order valence-electron chi connectivity index (χ1n) is 9.00. The monoisotopic (exact) mass is 358 g/mol. The molecule has 7 heteroatoms. The second-order valence-electron chi connectivity index (χ2n) is 6.65. The van der Waals surface area contributed by atoms with Crippen LogP contribution in [0.3, 0.4) is 0 Å². The molecular weight excluding hydrogens is 332 g/mol. The van der Waals surface area contributed by atoms with E-state index in [4.69, 9.17) is 4.42 Å². The summed E-state index contributed by atoms with van der Waals surface area (Å²) < 4.78 is 5.13. The van der Waals surface area contributed by atoms with Gasteiger partial charge in [0.1, 0.15) is 38.5 Å². The highest BCUT2D eigenvalue weighted by Gasteiger charge is 2.25. The molecule has 0 radical (unpaired) electrons. The van der Waals surface area contributed by atoms with Crippen molar-refractivity contribution in [1.29, 1.82) is 0 Å². The van der Waals surface area contributed by atoms with Crippen LogP contribution in [0.4, 0.5) is 4.79 Å². The van der Waals surface area contributed by atoms with Gasteiger partial charge in [-0.25, -0.2) is 4.79 Å². The SMILES string of the molecule is O=C(C[NH+]1CC[NH+](Cc2ccccc2)CC1)NC(=O)NCc1ccco1. The van der Waals surface area contributed by atoms with Gasteiger partial charge in [-0.1, -0.05) is 30.3 Å². The number of amides is 3. The van der Waals surface area contributed by atoms with Gasteiger partial charge >= 0.3 is 6.03 Å². The van der Waals surface area contributed by atoms with Gasteiger partial charge in [-0.15, -0.1) is 0 Å². The number of piperazine rings is 1. The van der Waals surface area contributed by atoms with Crippen LogP contribution in [0.1, 0.15) is 11.3 Å². The number of hydrogen-bond donors (Lipinski definition) is 4. The molecule has 0 atom stereocenters. The van der Waals surface area contributed by atoms with E-state index in [1.807, 2.05) is 6.07 Å². The summed E-state index contributed by atoms with van der Waals surface area (Å²) >= 11 is 0. The Bertz CT molecular complexity index is 695. The zero-order valence-electron chi connectivity index (χ0n) is 14.8. The zero-order valence-corrected chi connectivity index (χ0v) is 14.8. The number of furan rings is 1. The number of quaternary nitrogens is 2. The lowest BCUT2D eigenvalue weighted by molar-refractivity contribution is -1.02. The van der Waals surface area contributed by atoms with Crippen LogP contribution < -0.4 is 20.4 Å². The molecule has 0 unspecified atom stereocenters. The molecule has 3 amide bonds. The molecule has 1 aromatic carbocycles. The minimum Gasteiger partial charge on any atom is -0.467 e. The fraction of sp³-hybridized carbons (Fsp3) is 0.368. The van der Waals surface area contributed by atoms with E-state index in [2.05, 4.69) is 34.9 Å². The number of carbonyl (C=O) groups excluding carboxylic acids is 2. The lowest BCUT2D eigenvalue weighted by atomic mass is 10.2. The molecule has 138 valence electrons. The summed E-state index contributed by atoms with van der Waals surface area (Å²) in [5.74, 6) is 0.402. The molecule has 1 aliphatic heterocycles. The molecule has 3 rings (SSSR count). The highest BCUT2D eigenvalue weighted by molar-refractivity contribution is 5.94. The van der Waals surface area contributed by atoms with Gasteiger partial charge in [-0.2, -0.15) is 0 Å². The molecule has 0 saturated carbocycles. The molecule has 1 aliphatic rings. The van der Waals surface area contributed by atoms with Gasteiger partial charge in [-0.3, -0.25) is 10.1 Å². The number of nitrogens with one attached hydrogen (secondary N) is 4. The van der Waals surface area contributed by atoms with Crippen LogP contribution in [0.25, 0.3) is 0 Å². The largest absolute Gasteiger partial charge is 0.467 e. The van der Waals surface area contributed by atoms with Crippen molar-refractivity contribution in [3.63, 3.8) is 0 Å². The third-order valence-electron chi connectivity index (χ3n) is 4.63. The minimum atomic E-state index is -0.487. The first kappa shape index (κ1) is 18.2. The highest BCUT2D eigenvalue weighted by Crippen LogP contribution is 1.98. The molecular formula is C19H26N4O3+2. The molecule has 1 saturated heterocycles. The smallest absolute Gasteiger partial charge is 0.321 e. The van der Waals surface area contributed by atoms with Gasteiger partial charge in [0, 0.05) is 5.56 Å². The Balaban J connectivity index is 1.33. The lowest BCUT2D eigenvalue weighted by Crippen LogP contribution is -3.28. The second kappa shape index (κ2) is 9.17. The molecule has 0 bridgehead atoms. The van der Waals surface area contributed by atoms with E-state index in [-0.39, 0.29) is 12.5 Å². The van der Waals surface area contributed by atoms with Gasteiger partial charge < -0.3 is 19.5 Å². The maximum Gasteiger partial charge on any atom is 0.321 e. The van der Waals surface area contributed by atoms with E-state index in [0.717, 1.165) is 32.7 Å². The summed E-state index contributed by atoms with van der Waals surface area (Å²) in [6, 6.07) is 13.5.